The molecular formula is C10H21N. The van der Waals surface area contributed by atoms with Crippen LogP contribution in [0.1, 0.15) is 40.0 Å². The fourth-order valence-corrected chi connectivity index (χ4v) is 1.17. The molecule has 0 radical (unpaired) electrons. The quantitative estimate of drug-likeness (QED) is 0.607. The Kier molecular flexibility index (Phi) is 6.24. The molecule has 1 atom stereocenters. The Hall–Kier alpha value is -0.300. The van der Waals surface area contributed by atoms with E-state index in [1.165, 1.54) is 18.4 Å². The third kappa shape index (κ3) is 5.02. The predicted molar refractivity (Wildman–Crippen MR) is 51.5 cm³/mol. The molecule has 66 valence electrons. The summed E-state index contributed by atoms with van der Waals surface area (Å²) in [5, 5.41) is 0. The van der Waals surface area contributed by atoms with Crippen LogP contribution < -0.4 is 5.73 Å². The van der Waals surface area contributed by atoms with Gasteiger partial charge in [-0.15, -0.1) is 0 Å². The van der Waals surface area contributed by atoms with Gasteiger partial charge in [0.2, 0.25) is 0 Å². The molecule has 0 aliphatic heterocycles. The van der Waals surface area contributed by atoms with Gasteiger partial charge in [0.1, 0.15) is 0 Å². The van der Waals surface area contributed by atoms with Crippen LogP contribution >= 0.6 is 0 Å². The number of rotatable bonds is 5. The van der Waals surface area contributed by atoms with Crippen molar-refractivity contribution in [3.05, 3.63) is 11.6 Å². The molecule has 0 heterocycles. The van der Waals surface area contributed by atoms with E-state index in [0.29, 0.717) is 0 Å². The lowest BCUT2D eigenvalue weighted by atomic mass is 9.97. The first-order valence-corrected chi connectivity index (χ1v) is 4.59. The Bertz CT molecular complexity index is 116. The summed E-state index contributed by atoms with van der Waals surface area (Å²) < 4.78 is 0. The number of hydrogen-bond donors (Lipinski definition) is 1. The second kappa shape index (κ2) is 6.41. The molecule has 0 aromatic heterocycles. The summed E-state index contributed by atoms with van der Waals surface area (Å²) in [6, 6.07) is 0. The van der Waals surface area contributed by atoms with Crippen molar-refractivity contribution in [2.24, 2.45) is 11.7 Å². The average molecular weight is 155 g/mol. The van der Waals surface area contributed by atoms with Crippen LogP contribution in [0, 0.1) is 5.92 Å². The van der Waals surface area contributed by atoms with Crippen LogP contribution in [-0.2, 0) is 0 Å². The van der Waals surface area contributed by atoms with E-state index >= 15 is 0 Å². The van der Waals surface area contributed by atoms with E-state index in [4.69, 9.17) is 5.73 Å². The lowest BCUT2D eigenvalue weighted by Crippen LogP contribution is -1.99. The van der Waals surface area contributed by atoms with E-state index in [-0.39, 0.29) is 0 Å². The summed E-state index contributed by atoms with van der Waals surface area (Å²) >= 11 is 0. The third-order valence-corrected chi connectivity index (χ3v) is 2.13. The van der Waals surface area contributed by atoms with E-state index in [1.54, 1.807) is 0 Å². The van der Waals surface area contributed by atoms with E-state index in [2.05, 4.69) is 26.8 Å². The van der Waals surface area contributed by atoms with Crippen LogP contribution in [0.2, 0.25) is 0 Å². The normalized spacial score (nSPS) is 15.1. The second-order valence-electron chi connectivity index (χ2n) is 3.22. The highest BCUT2D eigenvalue weighted by atomic mass is 14.5. The number of nitrogens with two attached hydrogens (primary N) is 1. The van der Waals surface area contributed by atoms with E-state index in [9.17, 15) is 0 Å². The van der Waals surface area contributed by atoms with Crippen molar-refractivity contribution < 1.29 is 0 Å². The topological polar surface area (TPSA) is 26.0 Å². The van der Waals surface area contributed by atoms with Gasteiger partial charge in [-0.25, -0.2) is 0 Å². The van der Waals surface area contributed by atoms with Crippen molar-refractivity contribution in [2.75, 3.05) is 6.54 Å². The molecule has 2 N–H and O–H groups in total. The molecular weight excluding hydrogens is 134 g/mol. The van der Waals surface area contributed by atoms with Crippen LogP contribution in [0.15, 0.2) is 11.6 Å². The molecule has 0 rings (SSSR count). The van der Waals surface area contributed by atoms with Gasteiger partial charge in [-0.05, 0) is 32.2 Å². The fraction of sp³-hybridized carbons (Fsp3) is 0.800. The van der Waals surface area contributed by atoms with Gasteiger partial charge in [0.25, 0.3) is 0 Å². The van der Waals surface area contributed by atoms with Gasteiger partial charge in [-0.3, -0.25) is 0 Å². The van der Waals surface area contributed by atoms with Crippen molar-refractivity contribution >= 4 is 0 Å². The molecule has 0 fully saturated rings. The first kappa shape index (κ1) is 10.7. The van der Waals surface area contributed by atoms with E-state index in [1.807, 2.05) is 0 Å². The Morgan fingerprint density at radius 3 is 2.64 bits per heavy atom. The summed E-state index contributed by atoms with van der Waals surface area (Å²) in [4.78, 5) is 0. The standard InChI is InChI=1S/C10H21N/c1-4-6-9(2)10(3)7-5-8-11/h7,9H,4-6,8,11H2,1-3H3. The SMILES string of the molecule is CCCC(C)C(C)=CCCN. The highest BCUT2D eigenvalue weighted by Gasteiger charge is 2.00. The molecule has 0 aliphatic rings. The van der Waals surface area contributed by atoms with Crippen LogP contribution in [0.25, 0.3) is 0 Å². The Balaban J connectivity index is 3.69. The summed E-state index contributed by atoms with van der Waals surface area (Å²) in [6.07, 6.45) is 5.86. The Morgan fingerprint density at radius 2 is 2.18 bits per heavy atom. The van der Waals surface area contributed by atoms with Crippen LogP contribution in [-0.4, -0.2) is 6.54 Å². The maximum absolute atomic E-state index is 5.41. The van der Waals surface area contributed by atoms with Crippen molar-refractivity contribution in [3.8, 4) is 0 Å². The molecule has 1 nitrogen and oxygen atoms in total. The maximum Gasteiger partial charge on any atom is -0.00425 e. The minimum absolute atomic E-state index is 0.742. The molecule has 0 aliphatic carbocycles. The molecule has 11 heavy (non-hydrogen) atoms. The fourth-order valence-electron chi connectivity index (χ4n) is 1.17. The van der Waals surface area contributed by atoms with Gasteiger partial charge < -0.3 is 5.73 Å². The lowest BCUT2D eigenvalue weighted by molar-refractivity contribution is 0.599. The molecule has 0 bridgehead atoms. The summed E-state index contributed by atoms with van der Waals surface area (Å²) in [5.41, 5.74) is 6.90. The first-order valence-electron chi connectivity index (χ1n) is 4.59. The van der Waals surface area contributed by atoms with Crippen molar-refractivity contribution in [2.45, 2.75) is 40.0 Å². The summed E-state index contributed by atoms with van der Waals surface area (Å²) in [7, 11) is 0. The molecule has 0 saturated carbocycles. The zero-order chi connectivity index (χ0) is 8.69. The van der Waals surface area contributed by atoms with Gasteiger partial charge >= 0.3 is 0 Å². The Morgan fingerprint density at radius 1 is 1.55 bits per heavy atom. The van der Waals surface area contributed by atoms with Crippen LogP contribution in [0.4, 0.5) is 0 Å². The largest absolute Gasteiger partial charge is 0.330 e. The predicted octanol–water partition coefficient (Wildman–Crippen LogP) is 2.72. The molecule has 1 heteroatoms. The van der Waals surface area contributed by atoms with Crippen molar-refractivity contribution in [1.29, 1.82) is 0 Å². The van der Waals surface area contributed by atoms with Gasteiger partial charge in [-0.1, -0.05) is 31.9 Å². The van der Waals surface area contributed by atoms with Crippen molar-refractivity contribution in [1.82, 2.24) is 0 Å². The molecule has 0 saturated heterocycles. The highest BCUT2D eigenvalue weighted by molar-refractivity contribution is 5.01. The third-order valence-electron chi connectivity index (χ3n) is 2.13. The minimum atomic E-state index is 0.742. The monoisotopic (exact) mass is 155 g/mol. The highest BCUT2D eigenvalue weighted by Crippen LogP contribution is 2.15. The smallest absolute Gasteiger partial charge is 0.00425 e. The first-order chi connectivity index (χ1) is 5.22. The van der Waals surface area contributed by atoms with Gasteiger partial charge in [0, 0.05) is 0 Å². The molecule has 0 aromatic carbocycles. The van der Waals surface area contributed by atoms with Crippen LogP contribution in [0.3, 0.4) is 0 Å². The lowest BCUT2D eigenvalue weighted by Gasteiger charge is -2.09. The molecule has 0 aromatic rings. The van der Waals surface area contributed by atoms with Crippen LogP contribution in [0.5, 0.6) is 0 Å². The second-order valence-corrected chi connectivity index (χ2v) is 3.22. The summed E-state index contributed by atoms with van der Waals surface area (Å²) in [6.45, 7) is 7.49. The molecule has 0 spiro atoms. The number of hydrogen-bond acceptors (Lipinski definition) is 1. The van der Waals surface area contributed by atoms with Gasteiger partial charge in [0.15, 0.2) is 0 Å². The van der Waals surface area contributed by atoms with Crippen molar-refractivity contribution in [3.63, 3.8) is 0 Å². The zero-order valence-corrected chi connectivity index (χ0v) is 8.06. The van der Waals surface area contributed by atoms with Gasteiger partial charge in [0.05, 0.1) is 0 Å². The molecule has 1 unspecified atom stereocenters. The zero-order valence-electron chi connectivity index (χ0n) is 8.06. The minimum Gasteiger partial charge on any atom is -0.330 e. The van der Waals surface area contributed by atoms with E-state index < -0.39 is 0 Å². The van der Waals surface area contributed by atoms with Gasteiger partial charge in [-0.2, -0.15) is 0 Å². The van der Waals surface area contributed by atoms with E-state index in [0.717, 1.165) is 18.9 Å². The summed E-state index contributed by atoms with van der Waals surface area (Å²) in [5.74, 6) is 0.742. The maximum atomic E-state index is 5.41. The Labute approximate surface area is 70.7 Å². The average Bonchev–Trinajstić information content (AvgIpc) is 2.00. The molecule has 0 amide bonds. The number of allylic oxidation sites excluding steroid dienone is 1.